The van der Waals surface area contributed by atoms with Gasteiger partial charge in [0, 0.05) is 12.1 Å². The van der Waals surface area contributed by atoms with Crippen molar-refractivity contribution in [2.45, 2.75) is 11.8 Å². The van der Waals surface area contributed by atoms with Gasteiger partial charge in [-0.2, -0.15) is 0 Å². The van der Waals surface area contributed by atoms with E-state index in [2.05, 4.69) is 40.6 Å². The molecule has 108 valence electrons. The zero-order valence-electron chi connectivity index (χ0n) is 12.0. The average Bonchev–Trinajstić information content (AvgIpc) is 3.03. The van der Waals surface area contributed by atoms with Gasteiger partial charge in [0.15, 0.2) is 5.17 Å². The molecule has 4 heteroatoms. The zero-order valence-corrected chi connectivity index (χ0v) is 12.8. The number of amidine groups is 1. The van der Waals surface area contributed by atoms with Gasteiger partial charge in [-0.1, -0.05) is 60.3 Å². The van der Waals surface area contributed by atoms with Crippen LogP contribution in [0.15, 0.2) is 59.6 Å². The van der Waals surface area contributed by atoms with Crippen molar-refractivity contribution in [2.75, 3.05) is 13.7 Å². The van der Waals surface area contributed by atoms with Crippen molar-refractivity contribution in [2.24, 2.45) is 4.99 Å². The molecule has 3 rings (SSSR count). The predicted octanol–water partition coefficient (Wildman–Crippen LogP) is 3.63. The standard InChI is InChI=1S/C17H18N2OS/c1-20-15-10-6-5-9-14(15)11-18-17-19-12-16(21-17)13-7-3-2-4-8-13/h2-10,16H,11-12H2,1H3,(H,18,19). The van der Waals surface area contributed by atoms with Crippen LogP contribution in [0.1, 0.15) is 16.4 Å². The van der Waals surface area contributed by atoms with E-state index < -0.39 is 0 Å². The fraction of sp³-hybridized carbons (Fsp3) is 0.235. The number of hydrogen-bond donors (Lipinski definition) is 1. The molecular formula is C17H18N2OS. The molecule has 1 unspecified atom stereocenters. The molecule has 0 aliphatic carbocycles. The highest BCUT2D eigenvalue weighted by Crippen LogP contribution is 2.34. The lowest BCUT2D eigenvalue weighted by Crippen LogP contribution is -2.18. The normalized spacial score (nSPS) is 17.4. The molecule has 0 aromatic heterocycles. The van der Waals surface area contributed by atoms with Crippen LogP contribution in [0.4, 0.5) is 0 Å². The fourth-order valence-electron chi connectivity index (χ4n) is 2.33. The van der Waals surface area contributed by atoms with Crippen LogP contribution in [0.3, 0.4) is 0 Å². The summed E-state index contributed by atoms with van der Waals surface area (Å²) in [7, 11) is 1.70. The molecule has 0 saturated carbocycles. The second-order valence-corrected chi connectivity index (χ2v) is 6.02. The van der Waals surface area contributed by atoms with E-state index in [0.717, 1.165) is 29.6 Å². The van der Waals surface area contributed by atoms with E-state index in [1.165, 1.54) is 5.56 Å². The van der Waals surface area contributed by atoms with Crippen molar-refractivity contribution in [3.05, 3.63) is 65.7 Å². The molecular weight excluding hydrogens is 280 g/mol. The third-order valence-electron chi connectivity index (χ3n) is 3.45. The van der Waals surface area contributed by atoms with E-state index in [0.29, 0.717) is 5.25 Å². The van der Waals surface area contributed by atoms with Crippen molar-refractivity contribution in [3.63, 3.8) is 0 Å². The van der Waals surface area contributed by atoms with E-state index in [4.69, 9.17) is 4.74 Å². The van der Waals surface area contributed by atoms with E-state index >= 15 is 0 Å². The maximum atomic E-state index is 5.36. The topological polar surface area (TPSA) is 33.6 Å². The van der Waals surface area contributed by atoms with E-state index in [1.807, 2.05) is 24.3 Å². The van der Waals surface area contributed by atoms with Gasteiger partial charge in [0.25, 0.3) is 0 Å². The Morgan fingerprint density at radius 2 is 1.90 bits per heavy atom. The first-order chi connectivity index (χ1) is 10.4. The van der Waals surface area contributed by atoms with Crippen LogP contribution in [0, 0.1) is 0 Å². The van der Waals surface area contributed by atoms with Crippen LogP contribution in [0.25, 0.3) is 0 Å². The summed E-state index contributed by atoms with van der Waals surface area (Å²) >= 11 is 1.79. The fourth-order valence-corrected chi connectivity index (χ4v) is 3.35. The second kappa shape index (κ2) is 6.68. The lowest BCUT2D eigenvalue weighted by molar-refractivity contribution is 0.409. The first-order valence-corrected chi connectivity index (χ1v) is 7.86. The Balaban J connectivity index is 1.58. The number of nitrogens with one attached hydrogen (secondary N) is 1. The average molecular weight is 298 g/mol. The summed E-state index contributed by atoms with van der Waals surface area (Å²) in [5, 5.41) is 4.84. The number of nitrogens with zero attached hydrogens (tertiary/aromatic N) is 1. The van der Waals surface area contributed by atoms with E-state index in [9.17, 15) is 0 Å². The maximum Gasteiger partial charge on any atom is 0.157 e. The molecule has 1 aliphatic rings. The molecule has 2 aromatic carbocycles. The maximum absolute atomic E-state index is 5.36. The number of rotatable bonds is 4. The Labute approximate surface area is 129 Å². The molecule has 1 heterocycles. The molecule has 3 nitrogen and oxygen atoms in total. The molecule has 0 amide bonds. The summed E-state index contributed by atoms with van der Waals surface area (Å²) in [6.07, 6.45) is 0. The summed E-state index contributed by atoms with van der Waals surface area (Å²) in [5.41, 5.74) is 2.48. The van der Waals surface area contributed by atoms with Gasteiger partial charge in [-0.3, -0.25) is 4.99 Å². The Hall–Kier alpha value is -1.94. The first kappa shape index (κ1) is 14.0. The van der Waals surface area contributed by atoms with E-state index in [1.54, 1.807) is 18.9 Å². The van der Waals surface area contributed by atoms with Gasteiger partial charge >= 0.3 is 0 Å². The van der Waals surface area contributed by atoms with Crippen LogP contribution in [-0.2, 0) is 6.54 Å². The van der Waals surface area contributed by atoms with Crippen LogP contribution in [0.2, 0.25) is 0 Å². The minimum absolute atomic E-state index is 0.423. The van der Waals surface area contributed by atoms with Gasteiger partial charge in [0.05, 0.1) is 18.9 Å². The molecule has 1 atom stereocenters. The van der Waals surface area contributed by atoms with Crippen molar-refractivity contribution < 1.29 is 4.74 Å². The van der Waals surface area contributed by atoms with E-state index in [-0.39, 0.29) is 0 Å². The quantitative estimate of drug-likeness (QED) is 0.936. The summed E-state index contributed by atoms with van der Waals surface area (Å²) in [5.74, 6) is 0.910. The number of methoxy groups -OCH3 is 1. The Morgan fingerprint density at radius 3 is 2.71 bits per heavy atom. The SMILES string of the molecule is COc1ccccc1CNC1=NCC(c2ccccc2)S1. The molecule has 0 radical (unpaired) electrons. The van der Waals surface area contributed by atoms with Gasteiger partial charge in [-0.25, -0.2) is 0 Å². The number of para-hydroxylation sites is 1. The predicted molar refractivity (Wildman–Crippen MR) is 88.9 cm³/mol. The summed E-state index contributed by atoms with van der Waals surface area (Å²) < 4.78 is 5.36. The monoisotopic (exact) mass is 298 g/mol. The lowest BCUT2D eigenvalue weighted by atomic mass is 10.1. The van der Waals surface area contributed by atoms with Crippen molar-refractivity contribution >= 4 is 16.9 Å². The third-order valence-corrected chi connectivity index (χ3v) is 4.65. The summed E-state index contributed by atoms with van der Waals surface area (Å²) in [4.78, 5) is 4.59. The third kappa shape index (κ3) is 3.39. The summed E-state index contributed by atoms with van der Waals surface area (Å²) in [6.45, 7) is 1.57. The minimum Gasteiger partial charge on any atom is -0.496 e. The van der Waals surface area contributed by atoms with Gasteiger partial charge in [-0.15, -0.1) is 0 Å². The van der Waals surface area contributed by atoms with Gasteiger partial charge < -0.3 is 10.1 Å². The molecule has 1 N–H and O–H groups in total. The number of hydrogen-bond acceptors (Lipinski definition) is 4. The molecule has 0 spiro atoms. The Morgan fingerprint density at radius 1 is 1.14 bits per heavy atom. The van der Waals surface area contributed by atoms with Crippen molar-refractivity contribution in [3.8, 4) is 5.75 Å². The summed E-state index contributed by atoms with van der Waals surface area (Å²) in [6, 6.07) is 18.6. The first-order valence-electron chi connectivity index (χ1n) is 6.98. The Bertz CT molecular complexity index is 628. The van der Waals surface area contributed by atoms with Gasteiger partial charge in [-0.05, 0) is 11.6 Å². The lowest BCUT2D eigenvalue weighted by Gasteiger charge is -2.11. The molecule has 0 bridgehead atoms. The minimum atomic E-state index is 0.423. The number of benzene rings is 2. The highest BCUT2D eigenvalue weighted by molar-refractivity contribution is 8.14. The van der Waals surface area contributed by atoms with Crippen LogP contribution < -0.4 is 10.1 Å². The number of ether oxygens (including phenoxy) is 1. The van der Waals surface area contributed by atoms with Crippen molar-refractivity contribution in [1.82, 2.24) is 5.32 Å². The molecule has 0 fully saturated rings. The molecule has 21 heavy (non-hydrogen) atoms. The molecule has 1 aliphatic heterocycles. The smallest absolute Gasteiger partial charge is 0.157 e. The zero-order chi connectivity index (χ0) is 14.5. The molecule has 0 saturated heterocycles. The van der Waals surface area contributed by atoms with Gasteiger partial charge in [0.2, 0.25) is 0 Å². The van der Waals surface area contributed by atoms with Gasteiger partial charge in [0.1, 0.15) is 5.75 Å². The largest absolute Gasteiger partial charge is 0.496 e. The molecule has 2 aromatic rings. The highest BCUT2D eigenvalue weighted by atomic mass is 32.2. The number of aliphatic imine (C=N–C) groups is 1. The number of thioether (sulfide) groups is 1. The van der Waals surface area contributed by atoms with Crippen molar-refractivity contribution in [1.29, 1.82) is 0 Å². The van der Waals surface area contributed by atoms with Crippen LogP contribution in [-0.4, -0.2) is 18.8 Å². The van der Waals surface area contributed by atoms with Crippen LogP contribution >= 0.6 is 11.8 Å². The second-order valence-electron chi connectivity index (χ2n) is 4.83. The Kier molecular flexibility index (Phi) is 4.46. The van der Waals surface area contributed by atoms with Crippen LogP contribution in [0.5, 0.6) is 5.75 Å². The highest BCUT2D eigenvalue weighted by Gasteiger charge is 2.20.